The van der Waals surface area contributed by atoms with E-state index in [4.69, 9.17) is 4.74 Å². The first-order valence-corrected chi connectivity index (χ1v) is 6.13. The van der Waals surface area contributed by atoms with E-state index in [0.29, 0.717) is 19.4 Å². The average molecular weight is 241 g/mol. The van der Waals surface area contributed by atoms with Crippen LogP contribution in [0.25, 0.3) is 0 Å². The number of amides is 2. The van der Waals surface area contributed by atoms with Crippen LogP contribution in [0.2, 0.25) is 0 Å². The average Bonchev–Trinajstić information content (AvgIpc) is 2.77. The first kappa shape index (κ1) is 12.3. The maximum absolute atomic E-state index is 11.7. The van der Waals surface area contributed by atoms with Crippen LogP contribution in [-0.4, -0.2) is 62.1 Å². The fraction of sp³-hybridized carbons (Fsp3) is 0.818. The number of nitrogens with one attached hydrogen (secondary N) is 2. The zero-order chi connectivity index (χ0) is 12.1. The molecule has 0 aromatic heterocycles. The molecule has 2 fully saturated rings. The first-order chi connectivity index (χ1) is 8.25. The molecule has 2 aliphatic rings. The molecular weight excluding hydrogens is 222 g/mol. The van der Waals surface area contributed by atoms with Gasteiger partial charge in [0, 0.05) is 32.6 Å². The van der Waals surface area contributed by atoms with Gasteiger partial charge in [0.25, 0.3) is 0 Å². The summed E-state index contributed by atoms with van der Waals surface area (Å²) < 4.78 is 5.24. The highest BCUT2D eigenvalue weighted by molar-refractivity contribution is 5.90. The molecule has 6 nitrogen and oxygen atoms in total. The van der Waals surface area contributed by atoms with Crippen LogP contribution in [0.3, 0.4) is 0 Å². The van der Waals surface area contributed by atoms with E-state index in [9.17, 15) is 9.59 Å². The lowest BCUT2D eigenvalue weighted by Crippen LogP contribution is -2.45. The van der Waals surface area contributed by atoms with Crippen LogP contribution in [0, 0.1) is 0 Å². The summed E-state index contributed by atoms with van der Waals surface area (Å²) in [6.07, 6.45) is 1.07. The molecule has 0 bridgehead atoms. The monoisotopic (exact) mass is 241 g/mol. The van der Waals surface area contributed by atoms with Gasteiger partial charge in [-0.2, -0.15) is 0 Å². The lowest BCUT2D eigenvalue weighted by atomic mass is 10.2. The van der Waals surface area contributed by atoms with Crippen molar-refractivity contribution in [2.75, 3.05) is 39.4 Å². The zero-order valence-corrected chi connectivity index (χ0v) is 9.91. The minimum Gasteiger partial charge on any atom is -0.379 e. The van der Waals surface area contributed by atoms with Crippen molar-refractivity contribution >= 4 is 11.8 Å². The SMILES string of the molecule is O=C1CCC(C(=O)NCCN2CCOCC2)N1. The summed E-state index contributed by atoms with van der Waals surface area (Å²) in [6.45, 7) is 4.87. The highest BCUT2D eigenvalue weighted by Crippen LogP contribution is 2.05. The molecule has 1 unspecified atom stereocenters. The maximum atomic E-state index is 11.7. The Morgan fingerprint density at radius 1 is 1.47 bits per heavy atom. The van der Waals surface area contributed by atoms with Crippen LogP contribution < -0.4 is 10.6 Å². The Labute approximate surface area is 101 Å². The predicted octanol–water partition coefficient (Wildman–Crippen LogP) is -1.29. The fourth-order valence-corrected chi connectivity index (χ4v) is 2.10. The number of rotatable bonds is 4. The number of hydrogen-bond donors (Lipinski definition) is 2. The third-order valence-electron chi connectivity index (χ3n) is 3.14. The largest absolute Gasteiger partial charge is 0.379 e. The van der Waals surface area contributed by atoms with E-state index < -0.39 is 0 Å². The zero-order valence-electron chi connectivity index (χ0n) is 9.91. The number of carbonyl (C=O) groups is 2. The van der Waals surface area contributed by atoms with Crippen LogP contribution in [0.5, 0.6) is 0 Å². The Hall–Kier alpha value is -1.14. The minimum absolute atomic E-state index is 0.0293. The lowest BCUT2D eigenvalue weighted by molar-refractivity contribution is -0.125. The maximum Gasteiger partial charge on any atom is 0.242 e. The predicted molar refractivity (Wildman–Crippen MR) is 61.4 cm³/mol. The van der Waals surface area contributed by atoms with E-state index >= 15 is 0 Å². The Morgan fingerprint density at radius 2 is 2.24 bits per heavy atom. The van der Waals surface area contributed by atoms with Crippen LogP contribution in [0.1, 0.15) is 12.8 Å². The molecule has 6 heteroatoms. The van der Waals surface area contributed by atoms with Gasteiger partial charge in [-0.25, -0.2) is 0 Å². The van der Waals surface area contributed by atoms with E-state index in [2.05, 4.69) is 15.5 Å². The number of ether oxygens (including phenoxy) is 1. The lowest BCUT2D eigenvalue weighted by Gasteiger charge is -2.26. The van der Waals surface area contributed by atoms with Crippen molar-refractivity contribution in [1.82, 2.24) is 15.5 Å². The standard InChI is InChI=1S/C11H19N3O3/c15-10-2-1-9(13-10)11(16)12-3-4-14-5-7-17-8-6-14/h9H,1-8H2,(H,12,16)(H,13,15). The molecule has 2 N–H and O–H groups in total. The highest BCUT2D eigenvalue weighted by Gasteiger charge is 2.26. The topological polar surface area (TPSA) is 70.7 Å². The van der Waals surface area contributed by atoms with Crippen molar-refractivity contribution in [2.24, 2.45) is 0 Å². The molecule has 2 rings (SSSR count). The molecular formula is C11H19N3O3. The molecule has 17 heavy (non-hydrogen) atoms. The smallest absolute Gasteiger partial charge is 0.242 e. The Morgan fingerprint density at radius 3 is 2.88 bits per heavy atom. The Kier molecular flexibility index (Phi) is 4.33. The van der Waals surface area contributed by atoms with Crippen molar-refractivity contribution in [1.29, 1.82) is 0 Å². The molecule has 0 saturated carbocycles. The normalized spacial score (nSPS) is 25.6. The van der Waals surface area contributed by atoms with E-state index in [1.807, 2.05) is 0 Å². The van der Waals surface area contributed by atoms with Gasteiger partial charge in [0.05, 0.1) is 13.2 Å². The second-order valence-corrected chi connectivity index (χ2v) is 4.40. The van der Waals surface area contributed by atoms with Gasteiger partial charge >= 0.3 is 0 Å². The number of hydrogen-bond acceptors (Lipinski definition) is 4. The molecule has 2 heterocycles. The van der Waals surface area contributed by atoms with Crippen molar-refractivity contribution in [3.63, 3.8) is 0 Å². The summed E-state index contributed by atoms with van der Waals surface area (Å²) in [7, 11) is 0. The van der Waals surface area contributed by atoms with Gasteiger partial charge < -0.3 is 15.4 Å². The number of carbonyl (C=O) groups excluding carboxylic acids is 2. The van der Waals surface area contributed by atoms with Crippen LogP contribution >= 0.6 is 0 Å². The van der Waals surface area contributed by atoms with E-state index in [1.54, 1.807) is 0 Å². The van der Waals surface area contributed by atoms with Gasteiger partial charge in [-0.05, 0) is 6.42 Å². The molecule has 0 aromatic carbocycles. The van der Waals surface area contributed by atoms with Crippen molar-refractivity contribution < 1.29 is 14.3 Å². The third-order valence-corrected chi connectivity index (χ3v) is 3.14. The van der Waals surface area contributed by atoms with Crippen LogP contribution in [0.15, 0.2) is 0 Å². The Balaban J connectivity index is 1.61. The molecule has 2 amide bonds. The van der Waals surface area contributed by atoms with Crippen molar-refractivity contribution in [2.45, 2.75) is 18.9 Å². The van der Waals surface area contributed by atoms with Gasteiger partial charge in [-0.1, -0.05) is 0 Å². The number of nitrogens with zero attached hydrogens (tertiary/aromatic N) is 1. The van der Waals surface area contributed by atoms with E-state index in [1.165, 1.54) is 0 Å². The summed E-state index contributed by atoms with van der Waals surface area (Å²) in [6, 6.07) is -0.327. The molecule has 0 spiro atoms. The van der Waals surface area contributed by atoms with Crippen molar-refractivity contribution in [3.05, 3.63) is 0 Å². The Bertz CT molecular complexity index is 290. The molecule has 2 aliphatic heterocycles. The third kappa shape index (κ3) is 3.67. The van der Waals surface area contributed by atoms with Gasteiger partial charge in [0.1, 0.15) is 6.04 Å². The van der Waals surface area contributed by atoms with E-state index in [0.717, 1.165) is 32.8 Å². The second kappa shape index (κ2) is 5.97. The second-order valence-electron chi connectivity index (χ2n) is 4.40. The summed E-state index contributed by atoms with van der Waals surface area (Å²) >= 11 is 0. The molecule has 2 saturated heterocycles. The molecule has 0 aromatic rings. The highest BCUT2D eigenvalue weighted by atomic mass is 16.5. The summed E-state index contributed by atoms with van der Waals surface area (Å²) in [5, 5.41) is 5.51. The fourth-order valence-electron chi connectivity index (χ4n) is 2.10. The minimum atomic E-state index is -0.327. The van der Waals surface area contributed by atoms with Crippen molar-refractivity contribution in [3.8, 4) is 0 Å². The van der Waals surface area contributed by atoms with Crippen LogP contribution in [-0.2, 0) is 14.3 Å². The van der Waals surface area contributed by atoms with Crippen LogP contribution in [0.4, 0.5) is 0 Å². The van der Waals surface area contributed by atoms with E-state index in [-0.39, 0.29) is 17.9 Å². The quantitative estimate of drug-likeness (QED) is 0.643. The molecule has 0 radical (unpaired) electrons. The van der Waals surface area contributed by atoms with Gasteiger partial charge in [-0.15, -0.1) is 0 Å². The summed E-state index contributed by atoms with van der Waals surface area (Å²) in [4.78, 5) is 24.9. The molecule has 1 atom stereocenters. The van der Waals surface area contributed by atoms with Gasteiger partial charge in [0.2, 0.25) is 11.8 Å². The number of morpholine rings is 1. The molecule has 0 aliphatic carbocycles. The first-order valence-electron chi connectivity index (χ1n) is 6.13. The summed E-state index contributed by atoms with van der Waals surface area (Å²) in [5.41, 5.74) is 0. The summed E-state index contributed by atoms with van der Waals surface area (Å²) in [5.74, 6) is -0.0950. The van der Waals surface area contributed by atoms with Gasteiger partial charge in [0.15, 0.2) is 0 Å². The molecule has 96 valence electrons. The van der Waals surface area contributed by atoms with Gasteiger partial charge in [-0.3, -0.25) is 14.5 Å².